The van der Waals surface area contributed by atoms with Crippen molar-refractivity contribution >= 4 is 34.8 Å². The fourth-order valence-electron chi connectivity index (χ4n) is 3.14. The summed E-state index contributed by atoms with van der Waals surface area (Å²) in [5.74, 6) is -0.0902. The number of hydrogen-bond donors (Lipinski definition) is 1. The van der Waals surface area contributed by atoms with Crippen LogP contribution in [0.3, 0.4) is 0 Å². The molecule has 2 aromatic carbocycles. The number of halogens is 1. The lowest BCUT2D eigenvalue weighted by molar-refractivity contribution is -0.114. The number of para-hydroxylation sites is 1. The number of piperazine rings is 1. The van der Waals surface area contributed by atoms with E-state index in [1.165, 1.54) is 6.92 Å². The molecule has 1 aliphatic heterocycles. The van der Waals surface area contributed by atoms with Gasteiger partial charge in [-0.1, -0.05) is 35.4 Å². The van der Waals surface area contributed by atoms with Crippen molar-refractivity contribution in [3.05, 3.63) is 58.6 Å². The van der Waals surface area contributed by atoms with E-state index >= 15 is 0 Å². The van der Waals surface area contributed by atoms with E-state index in [0.717, 1.165) is 11.3 Å². The van der Waals surface area contributed by atoms with Gasteiger partial charge in [0.1, 0.15) is 0 Å². The van der Waals surface area contributed by atoms with Crippen LogP contribution < -0.4 is 10.2 Å². The number of anilines is 2. The van der Waals surface area contributed by atoms with E-state index in [-0.39, 0.29) is 11.8 Å². The predicted octanol–water partition coefficient (Wildman–Crippen LogP) is 3.57. The van der Waals surface area contributed by atoms with Crippen LogP contribution in [0.15, 0.2) is 42.5 Å². The van der Waals surface area contributed by atoms with Gasteiger partial charge in [0.15, 0.2) is 0 Å². The molecule has 0 atom stereocenters. The van der Waals surface area contributed by atoms with Crippen molar-refractivity contribution < 1.29 is 9.59 Å². The molecule has 1 N–H and O–H groups in total. The third kappa shape index (κ3) is 3.99. The summed E-state index contributed by atoms with van der Waals surface area (Å²) >= 11 is 6.38. The van der Waals surface area contributed by atoms with Gasteiger partial charge in [0.2, 0.25) is 5.91 Å². The average Bonchev–Trinajstić information content (AvgIpc) is 2.62. The Morgan fingerprint density at radius 2 is 1.65 bits per heavy atom. The van der Waals surface area contributed by atoms with Crippen LogP contribution in [0.5, 0.6) is 0 Å². The highest BCUT2D eigenvalue weighted by atomic mass is 35.5. The Kier molecular flexibility index (Phi) is 5.47. The van der Waals surface area contributed by atoms with E-state index in [2.05, 4.69) is 10.2 Å². The number of hydrogen-bond acceptors (Lipinski definition) is 3. The van der Waals surface area contributed by atoms with Gasteiger partial charge in [0, 0.05) is 38.7 Å². The number of carbonyl (C=O) groups excluding carboxylic acids is 2. The van der Waals surface area contributed by atoms with Gasteiger partial charge in [0.25, 0.3) is 5.91 Å². The molecular weight excluding hydrogens is 350 g/mol. The van der Waals surface area contributed by atoms with Crippen molar-refractivity contribution in [1.82, 2.24) is 4.90 Å². The monoisotopic (exact) mass is 371 g/mol. The van der Waals surface area contributed by atoms with Crippen LogP contribution in [0.2, 0.25) is 5.02 Å². The summed E-state index contributed by atoms with van der Waals surface area (Å²) < 4.78 is 0. The number of aryl methyl sites for hydroxylation is 1. The van der Waals surface area contributed by atoms with Crippen LogP contribution in [0, 0.1) is 6.92 Å². The topological polar surface area (TPSA) is 52.7 Å². The zero-order valence-electron chi connectivity index (χ0n) is 15.0. The third-order valence-electron chi connectivity index (χ3n) is 4.48. The molecule has 0 spiro atoms. The average molecular weight is 372 g/mol. The predicted molar refractivity (Wildman–Crippen MR) is 105 cm³/mol. The summed E-state index contributed by atoms with van der Waals surface area (Å²) in [6, 6.07) is 13.1. The van der Waals surface area contributed by atoms with Crippen LogP contribution in [-0.2, 0) is 4.79 Å². The fraction of sp³-hybridized carbons (Fsp3) is 0.300. The van der Waals surface area contributed by atoms with Gasteiger partial charge in [-0.15, -0.1) is 0 Å². The van der Waals surface area contributed by atoms with Crippen LogP contribution in [-0.4, -0.2) is 42.9 Å². The molecule has 1 heterocycles. The maximum Gasteiger partial charge on any atom is 0.253 e. The number of amides is 2. The molecule has 0 saturated carbocycles. The first-order chi connectivity index (χ1) is 12.5. The van der Waals surface area contributed by atoms with E-state index in [1.54, 1.807) is 0 Å². The molecule has 2 amide bonds. The Hall–Kier alpha value is -2.53. The molecule has 1 saturated heterocycles. The summed E-state index contributed by atoms with van der Waals surface area (Å²) in [4.78, 5) is 28.1. The molecule has 3 rings (SSSR count). The SMILES string of the molecule is CC(=O)Nc1cccc(Cl)c1N1CCN(C(=O)c2ccc(C)cc2)CC1. The van der Waals surface area contributed by atoms with Crippen molar-refractivity contribution in [3.8, 4) is 0 Å². The van der Waals surface area contributed by atoms with E-state index in [0.29, 0.717) is 42.5 Å². The van der Waals surface area contributed by atoms with Crippen LogP contribution >= 0.6 is 11.6 Å². The van der Waals surface area contributed by atoms with E-state index < -0.39 is 0 Å². The van der Waals surface area contributed by atoms with Gasteiger partial charge in [-0.25, -0.2) is 0 Å². The first kappa shape index (κ1) is 18.3. The van der Waals surface area contributed by atoms with Gasteiger partial charge < -0.3 is 15.1 Å². The number of nitrogens with one attached hydrogen (secondary N) is 1. The zero-order valence-corrected chi connectivity index (χ0v) is 15.7. The van der Waals surface area contributed by atoms with Crippen LogP contribution in [0.4, 0.5) is 11.4 Å². The third-order valence-corrected chi connectivity index (χ3v) is 4.78. The molecule has 0 radical (unpaired) electrons. The quantitative estimate of drug-likeness (QED) is 0.897. The highest BCUT2D eigenvalue weighted by Gasteiger charge is 2.25. The largest absolute Gasteiger partial charge is 0.365 e. The summed E-state index contributed by atoms with van der Waals surface area (Å²) in [5.41, 5.74) is 3.35. The number of carbonyl (C=O) groups is 2. The van der Waals surface area contributed by atoms with Crippen molar-refractivity contribution in [3.63, 3.8) is 0 Å². The van der Waals surface area contributed by atoms with Gasteiger partial charge >= 0.3 is 0 Å². The highest BCUT2D eigenvalue weighted by molar-refractivity contribution is 6.34. The van der Waals surface area contributed by atoms with Crippen molar-refractivity contribution in [1.29, 1.82) is 0 Å². The smallest absolute Gasteiger partial charge is 0.253 e. The summed E-state index contributed by atoms with van der Waals surface area (Å²) in [7, 11) is 0. The maximum atomic E-state index is 12.7. The zero-order chi connectivity index (χ0) is 18.7. The normalized spacial score (nSPS) is 14.3. The fourth-order valence-corrected chi connectivity index (χ4v) is 3.43. The number of benzene rings is 2. The Morgan fingerprint density at radius 3 is 2.27 bits per heavy atom. The lowest BCUT2D eigenvalue weighted by Crippen LogP contribution is -2.49. The molecular formula is C20H22ClN3O2. The lowest BCUT2D eigenvalue weighted by Gasteiger charge is -2.37. The Bertz CT molecular complexity index is 812. The first-order valence-electron chi connectivity index (χ1n) is 8.62. The molecule has 0 unspecified atom stereocenters. The summed E-state index contributed by atoms with van der Waals surface area (Å²) in [6.45, 7) is 6.02. The maximum absolute atomic E-state index is 12.7. The van der Waals surface area contributed by atoms with E-state index in [1.807, 2.05) is 54.3 Å². The molecule has 26 heavy (non-hydrogen) atoms. The molecule has 6 heteroatoms. The van der Waals surface area contributed by atoms with E-state index in [4.69, 9.17) is 11.6 Å². The van der Waals surface area contributed by atoms with Crippen molar-refractivity contribution in [2.24, 2.45) is 0 Å². The molecule has 2 aromatic rings. The Morgan fingerprint density at radius 1 is 1.00 bits per heavy atom. The Balaban J connectivity index is 1.72. The second kappa shape index (κ2) is 7.79. The van der Waals surface area contributed by atoms with Gasteiger partial charge in [-0.3, -0.25) is 9.59 Å². The van der Waals surface area contributed by atoms with Crippen LogP contribution in [0.1, 0.15) is 22.8 Å². The van der Waals surface area contributed by atoms with Crippen molar-refractivity contribution in [2.45, 2.75) is 13.8 Å². The standard InChI is InChI=1S/C20H22ClN3O2/c1-14-6-8-16(9-7-14)20(26)24-12-10-23(11-13-24)19-17(21)4-3-5-18(19)22-15(2)25/h3-9H,10-13H2,1-2H3,(H,22,25). The Labute approximate surface area is 158 Å². The van der Waals surface area contributed by atoms with E-state index in [9.17, 15) is 9.59 Å². The van der Waals surface area contributed by atoms with Crippen LogP contribution in [0.25, 0.3) is 0 Å². The molecule has 1 aliphatic rings. The summed E-state index contributed by atoms with van der Waals surface area (Å²) in [6.07, 6.45) is 0. The molecule has 0 aliphatic carbocycles. The molecule has 136 valence electrons. The minimum Gasteiger partial charge on any atom is -0.365 e. The second-order valence-corrected chi connectivity index (χ2v) is 6.87. The molecule has 5 nitrogen and oxygen atoms in total. The summed E-state index contributed by atoms with van der Waals surface area (Å²) in [5, 5.41) is 3.42. The minimum absolute atomic E-state index is 0.0471. The van der Waals surface area contributed by atoms with Gasteiger partial charge in [-0.2, -0.15) is 0 Å². The minimum atomic E-state index is -0.137. The molecule has 0 bridgehead atoms. The highest BCUT2D eigenvalue weighted by Crippen LogP contribution is 2.34. The first-order valence-corrected chi connectivity index (χ1v) is 9.00. The van der Waals surface area contributed by atoms with Crippen molar-refractivity contribution in [2.75, 3.05) is 36.4 Å². The molecule has 1 fully saturated rings. The second-order valence-electron chi connectivity index (χ2n) is 6.46. The van der Waals surface area contributed by atoms with Gasteiger partial charge in [-0.05, 0) is 31.2 Å². The number of nitrogens with zero attached hydrogens (tertiary/aromatic N) is 2. The van der Waals surface area contributed by atoms with Gasteiger partial charge in [0.05, 0.1) is 16.4 Å². The number of rotatable bonds is 3. The molecule has 0 aromatic heterocycles. The lowest BCUT2D eigenvalue weighted by atomic mass is 10.1.